The predicted molar refractivity (Wildman–Crippen MR) is 70.9 cm³/mol. The third kappa shape index (κ3) is 3.86. The van der Waals surface area contributed by atoms with E-state index in [0.717, 1.165) is 25.3 Å². The number of nitro groups is 2. The van der Waals surface area contributed by atoms with Crippen LogP contribution in [0.5, 0.6) is 0 Å². The number of esters is 1. The second-order valence-electron chi connectivity index (χ2n) is 4.10. The van der Waals surface area contributed by atoms with Gasteiger partial charge in [-0.2, -0.15) is 0 Å². The van der Waals surface area contributed by atoms with Gasteiger partial charge in [0, 0.05) is 6.07 Å². The van der Waals surface area contributed by atoms with E-state index in [4.69, 9.17) is 0 Å². The Morgan fingerprint density at radius 1 is 1.33 bits per heavy atom. The quantitative estimate of drug-likeness (QED) is 0.446. The highest BCUT2D eigenvalue weighted by atomic mass is 16.6. The smallest absolute Gasteiger partial charge is 0.330 e. The van der Waals surface area contributed by atoms with Crippen LogP contribution in [0.3, 0.4) is 0 Å². The average molecular weight is 299 g/mol. The maximum atomic E-state index is 11.5. The molecule has 2 atom stereocenters. The highest BCUT2D eigenvalue weighted by Gasteiger charge is 2.28. The number of methoxy groups -OCH3 is 1. The normalized spacial score (nSPS) is 13.1. The molecule has 114 valence electrons. The van der Waals surface area contributed by atoms with E-state index >= 15 is 0 Å². The van der Waals surface area contributed by atoms with Crippen molar-refractivity contribution in [2.24, 2.45) is 0 Å². The first-order valence-electron chi connectivity index (χ1n) is 5.73. The molecule has 0 fully saturated rings. The van der Waals surface area contributed by atoms with Gasteiger partial charge >= 0.3 is 5.97 Å². The summed E-state index contributed by atoms with van der Waals surface area (Å²) in [6.07, 6.45) is -1.19. The minimum absolute atomic E-state index is 0.137. The molecule has 0 aliphatic heterocycles. The summed E-state index contributed by atoms with van der Waals surface area (Å²) in [5.41, 5.74) is -1.18. The molecule has 0 aliphatic carbocycles. The molecule has 2 N–H and O–H groups in total. The van der Waals surface area contributed by atoms with Crippen LogP contribution in [0.2, 0.25) is 0 Å². The van der Waals surface area contributed by atoms with Crippen molar-refractivity contribution in [1.82, 2.24) is 0 Å². The van der Waals surface area contributed by atoms with Crippen molar-refractivity contribution in [1.29, 1.82) is 0 Å². The number of anilines is 1. The lowest BCUT2D eigenvalue weighted by atomic mass is 10.1. The van der Waals surface area contributed by atoms with Gasteiger partial charge in [-0.3, -0.25) is 20.2 Å². The molecular formula is C11H13N3O7. The third-order valence-corrected chi connectivity index (χ3v) is 2.64. The summed E-state index contributed by atoms with van der Waals surface area (Å²) < 4.78 is 4.47. The Morgan fingerprint density at radius 2 is 1.95 bits per heavy atom. The average Bonchev–Trinajstić information content (AvgIpc) is 2.43. The molecule has 21 heavy (non-hydrogen) atoms. The molecule has 0 unspecified atom stereocenters. The van der Waals surface area contributed by atoms with Crippen LogP contribution in [0.15, 0.2) is 18.2 Å². The number of ether oxygens (including phenoxy) is 1. The van der Waals surface area contributed by atoms with Gasteiger partial charge in [-0.25, -0.2) is 4.79 Å². The summed E-state index contributed by atoms with van der Waals surface area (Å²) in [6, 6.07) is 1.66. The van der Waals surface area contributed by atoms with E-state index in [2.05, 4.69) is 10.1 Å². The second-order valence-corrected chi connectivity index (χ2v) is 4.10. The van der Waals surface area contributed by atoms with Gasteiger partial charge in [-0.1, -0.05) is 0 Å². The Bertz CT molecular complexity index is 573. The zero-order valence-corrected chi connectivity index (χ0v) is 11.2. The number of carbonyl (C=O) groups excluding carboxylic acids is 1. The largest absolute Gasteiger partial charge is 0.467 e. The Hall–Kier alpha value is -2.75. The standard InChI is InChI=1S/C11H13N3O7/c1-6(15)10(11(16)21-2)12-8-4-3-7(13(17)18)5-9(8)14(19)20/h3-6,10,12,15H,1-2H3/t6-,10+/m0/s1. The van der Waals surface area contributed by atoms with Gasteiger partial charge < -0.3 is 15.2 Å². The Morgan fingerprint density at radius 3 is 2.38 bits per heavy atom. The third-order valence-electron chi connectivity index (χ3n) is 2.64. The molecule has 0 aromatic heterocycles. The van der Waals surface area contributed by atoms with E-state index in [1.54, 1.807) is 0 Å². The molecule has 1 aromatic carbocycles. The van der Waals surface area contributed by atoms with Crippen LogP contribution in [0.1, 0.15) is 6.92 Å². The lowest BCUT2D eigenvalue weighted by Gasteiger charge is -2.19. The number of nitrogens with zero attached hydrogens (tertiary/aromatic N) is 2. The molecule has 10 heteroatoms. The number of aliphatic hydroxyl groups excluding tert-OH is 1. The van der Waals surface area contributed by atoms with Crippen molar-refractivity contribution in [3.8, 4) is 0 Å². The summed E-state index contributed by atoms with van der Waals surface area (Å²) in [4.78, 5) is 31.5. The lowest BCUT2D eigenvalue weighted by Crippen LogP contribution is -2.40. The molecule has 0 aliphatic rings. The monoisotopic (exact) mass is 299 g/mol. The van der Waals surface area contributed by atoms with Crippen molar-refractivity contribution in [2.75, 3.05) is 12.4 Å². The molecule has 0 radical (unpaired) electrons. The van der Waals surface area contributed by atoms with Crippen molar-refractivity contribution in [3.63, 3.8) is 0 Å². The van der Waals surface area contributed by atoms with E-state index < -0.39 is 39.3 Å². The Balaban J connectivity index is 3.20. The minimum Gasteiger partial charge on any atom is -0.467 e. The molecule has 0 amide bonds. The van der Waals surface area contributed by atoms with Crippen LogP contribution >= 0.6 is 0 Å². The number of hydrogen-bond donors (Lipinski definition) is 2. The molecule has 0 heterocycles. The van der Waals surface area contributed by atoms with Gasteiger partial charge in [-0.05, 0) is 13.0 Å². The highest BCUT2D eigenvalue weighted by molar-refractivity contribution is 5.81. The first kappa shape index (κ1) is 16.3. The van der Waals surface area contributed by atoms with E-state index in [9.17, 15) is 30.1 Å². The van der Waals surface area contributed by atoms with Crippen LogP contribution < -0.4 is 5.32 Å². The Kier molecular flexibility index (Phi) is 5.13. The molecule has 1 aromatic rings. The van der Waals surface area contributed by atoms with Crippen LogP contribution in [-0.4, -0.2) is 40.2 Å². The van der Waals surface area contributed by atoms with Crippen LogP contribution in [-0.2, 0) is 9.53 Å². The SMILES string of the molecule is COC(=O)[C@H](Nc1ccc([N+](=O)[O-])cc1[N+](=O)[O-])[C@H](C)O. The van der Waals surface area contributed by atoms with Crippen molar-refractivity contribution in [2.45, 2.75) is 19.1 Å². The number of rotatable bonds is 6. The van der Waals surface area contributed by atoms with Crippen LogP contribution in [0.4, 0.5) is 17.1 Å². The number of benzene rings is 1. The number of nitro benzene ring substituents is 2. The number of nitrogens with one attached hydrogen (secondary N) is 1. The van der Waals surface area contributed by atoms with E-state index in [1.165, 1.54) is 6.92 Å². The van der Waals surface area contributed by atoms with Crippen molar-refractivity contribution >= 4 is 23.0 Å². The molecule has 0 bridgehead atoms. The first-order valence-corrected chi connectivity index (χ1v) is 5.73. The summed E-state index contributed by atoms with van der Waals surface area (Å²) in [5.74, 6) is -0.822. The van der Waals surface area contributed by atoms with E-state index in [1.807, 2.05) is 0 Å². The summed E-state index contributed by atoms with van der Waals surface area (Å²) >= 11 is 0. The van der Waals surface area contributed by atoms with E-state index in [0.29, 0.717) is 0 Å². The topological polar surface area (TPSA) is 145 Å². The summed E-state index contributed by atoms with van der Waals surface area (Å²) in [6.45, 7) is 1.30. The second kappa shape index (κ2) is 6.61. The number of carbonyl (C=O) groups is 1. The van der Waals surface area contributed by atoms with Gasteiger partial charge in [-0.15, -0.1) is 0 Å². The minimum atomic E-state index is -1.24. The lowest BCUT2D eigenvalue weighted by molar-refractivity contribution is -0.393. The maximum absolute atomic E-state index is 11.5. The van der Waals surface area contributed by atoms with Crippen LogP contribution in [0.25, 0.3) is 0 Å². The van der Waals surface area contributed by atoms with Gasteiger partial charge in [0.05, 0.1) is 29.1 Å². The van der Waals surface area contributed by atoms with Crippen molar-refractivity contribution < 1.29 is 24.5 Å². The zero-order valence-electron chi connectivity index (χ0n) is 11.2. The molecule has 10 nitrogen and oxygen atoms in total. The first-order chi connectivity index (χ1) is 9.77. The van der Waals surface area contributed by atoms with Gasteiger partial charge in [0.25, 0.3) is 11.4 Å². The summed E-state index contributed by atoms with van der Waals surface area (Å²) in [7, 11) is 1.10. The molecule has 0 spiro atoms. The van der Waals surface area contributed by atoms with Gasteiger partial charge in [0.15, 0.2) is 6.04 Å². The number of hydrogen-bond acceptors (Lipinski definition) is 8. The molecule has 0 saturated carbocycles. The number of aliphatic hydroxyl groups is 1. The molecule has 0 saturated heterocycles. The zero-order chi connectivity index (χ0) is 16.2. The fourth-order valence-corrected chi connectivity index (χ4v) is 1.58. The fraction of sp³-hybridized carbons (Fsp3) is 0.364. The van der Waals surface area contributed by atoms with Gasteiger partial charge in [0.1, 0.15) is 5.69 Å². The maximum Gasteiger partial charge on any atom is 0.330 e. The van der Waals surface area contributed by atoms with Crippen molar-refractivity contribution in [3.05, 3.63) is 38.4 Å². The molecular weight excluding hydrogens is 286 g/mol. The predicted octanol–water partition coefficient (Wildman–Crippen LogP) is 0.837. The van der Waals surface area contributed by atoms with Gasteiger partial charge in [0.2, 0.25) is 0 Å². The van der Waals surface area contributed by atoms with Crippen LogP contribution in [0, 0.1) is 20.2 Å². The van der Waals surface area contributed by atoms with E-state index in [-0.39, 0.29) is 5.69 Å². The molecule has 1 rings (SSSR count). The highest BCUT2D eigenvalue weighted by Crippen LogP contribution is 2.29. The fourth-order valence-electron chi connectivity index (χ4n) is 1.58. The number of non-ortho nitro benzene ring substituents is 1. The summed E-state index contributed by atoms with van der Waals surface area (Å²) in [5, 5.41) is 33.5. The Labute approximate surface area is 118 Å².